The van der Waals surface area contributed by atoms with Crippen molar-refractivity contribution in [2.45, 2.75) is 25.1 Å². The molecule has 122 valence electrons. The number of nitrogens with zero attached hydrogens (tertiary/aromatic N) is 1. The molecule has 2 rings (SSSR count). The van der Waals surface area contributed by atoms with Gasteiger partial charge in [-0.25, -0.2) is 4.99 Å². The molecule has 0 bridgehead atoms. The van der Waals surface area contributed by atoms with Crippen LogP contribution < -0.4 is 4.74 Å². The molecule has 0 amide bonds. The van der Waals surface area contributed by atoms with Crippen molar-refractivity contribution in [2.24, 2.45) is 4.99 Å². The lowest BCUT2D eigenvalue weighted by molar-refractivity contribution is -0.0506. The maximum atomic E-state index is 12.5. The molecule has 22 heavy (non-hydrogen) atoms. The highest BCUT2D eigenvalue weighted by Crippen LogP contribution is 2.38. The number of fused-ring (bicyclic) bond motifs is 1. The first-order valence-corrected chi connectivity index (χ1v) is 8.19. The van der Waals surface area contributed by atoms with Crippen LogP contribution in [0.3, 0.4) is 0 Å². The van der Waals surface area contributed by atoms with Crippen molar-refractivity contribution < 1.29 is 30.5 Å². The van der Waals surface area contributed by atoms with Gasteiger partial charge in [0.05, 0.1) is 10.6 Å². The van der Waals surface area contributed by atoms with Crippen LogP contribution in [-0.4, -0.2) is 25.5 Å². The monoisotopic (exact) mass is 421 g/mol. The van der Waals surface area contributed by atoms with Crippen molar-refractivity contribution in [3.8, 4) is 5.75 Å². The first-order chi connectivity index (χ1) is 9.82. The van der Waals surface area contributed by atoms with E-state index in [1.165, 1.54) is 26.0 Å². The average Bonchev–Trinajstić information content (AvgIpc) is 2.28. The van der Waals surface area contributed by atoms with Crippen LogP contribution in [0.15, 0.2) is 21.6 Å². The molecule has 11 heteroatoms. The summed E-state index contributed by atoms with van der Waals surface area (Å²) in [7, 11) is -5.85. The summed E-state index contributed by atoms with van der Waals surface area (Å²) in [6.07, 6.45) is 0. The summed E-state index contributed by atoms with van der Waals surface area (Å²) in [6.45, 7) is 2.85. The molecule has 0 fully saturated rings. The Hall–Kier alpha value is -1.00. The highest BCUT2D eigenvalue weighted by molar-refractivity contribution is 9.10. The fraction of sp³-hybridized carbons (Fsp3) is 0.364. The van der Waals surface area contributed by atoms with Gasteiger partial charge in [-0.3, -0.25) is 0 Å². The van der Waals surface area contributed by atoms with E-state index in [9.17, 15) is 21.6 Å². The quantitative estimate of drug-likeness (QED) is 0.509. The van der Waals surface area contributed by atoms with E-state index in [1.807, 2.05) is 0 Å². The summed E-state index contributed by atoms with van der Waals surface area (Å²) < 4.78 is 69.7. The van der Waals surface area contributed by atoms with Gasteiger partial charge in [0.25, 0.3) is 0 Å². The van der Waals surface area contributed by atoms with Crippen LogP contribution in [0.5, 0.6) is 5.75 Å². The molecule has 0 N–H and O–H groups in total. The Labute approximate surface area is 137 Å². The van der Waals surface area contributed by atoms with E-state index in [2.05, 4.69) is 25.1 Å². The second kappa shape index (κ2) is 5.27. The van der Waals surface area contributed by atoms with Gasteiger partial charge in [0.1, 0.15) is 5.75 Å². The number of benzene rings is 1. The van der Waals surface area contributed by atoms with Crippen LogP contribution in [-0.2, 0) is 14.3 Å². The highest BCUT2D eigenvalue weighted by Gasteiger charge is 2.50. The fourth-order valence-electron chi connectivity index (χ4n) is 1.59. The SMILES string of the molecule is CC1(C)N=C(OS(=O)(=O)C(F)(F)F)c2cc(Br)c(Cl)cc2O1. The van der Waals surface area contributed by atoms with E-state index in [4.69, 9.17) is 16.3 Å². The number of halogens is 5. The van der Waals surface area contributed by atoms with Crippen molar-refractivity contribution in [1.82, 2.24) is 0 Å². The molecular weight excluding hydrogens is 415 g/mol. The highest BCUT2D eigenvalue weighted by atomic mass is 79.9. The lowest BCUT2D eigenvalue weighted by Crippen LogP contribution is -2.36. The largest absolute Gasteiger partial charge is 0.534 e. The smallest absolute Gasteiger partial charge is 0.466 e. The topological polar surface area (TPSA) is 65.0 Å². The van der Waals surface area contributed by atoms with Crippen molar-refractivity contribution in [2.75, 3.05) is 0 Å². The predicted molar refractivity (Wildman–Crippen MR) is 76.5 cm³/mol. The number of hydrogen-bond acceptors (Lipinski definition) is 5. The molecular formula is C11H8BrClF3NO4S. The first-order valence-electron chi connectivity index (χ1n) is 5.61. The van der Waals surface area contributed by atoms with Gasteiger partial charge in [-0.1, -0.05) is 11.6 Å². The number of alkyl halides is 3. The molecule has 0 spiro atoms. The maximum Gasteiger partial charge on any atom is 0.534 e. The Bertz CT molecular complexity index is 761. The molecule has 0 unspecified atom stereocenters. The standard InChI is InChI=1S/C11H8BrClF3NO4S/c1-10(2)17-9(21-22(18,19)11(14,15)16)5-3-6(12)7(13)4-8(5)20-10/h3-4H,1-2H3. The molecule has 0 aromatic heterocycles. The Kier molecular flexibility index (Phi) is 4.16. The minimum atomic E-state index is -5.85. The average molecular weight is 423 g/mol. The van der Waals surface area contributed by atoms with Crippen molar-refractivity contribution in [1.29, 1.82) is 0 Å². The van der Waals surface area contributed by atoms with E-state index >= 15 is 0 Å². The second-order valence-electron chi connectivity index (χ2n) is 4.71. The number of hydrogen-bond donors (Lipinski definition) is 0. The molecule has 0 aliphatic carbocycles. The van der Waals surface area contributed by atoms with Gasteiger partial charge in [-0.15, -0.1) is 0 Å². The third-order valence-corrected chi connectivity index (χ3v) is 4.60. The number of rotatable bonds is 1. The molecule has 1 aromatic carbocycles. The van der Waals surface area contributed by atoms with Crippen molar-refractivity contribution in [3.63, 3.8) is 0 Å². The van der Waals surface area contributed by atoms with E-state index in [0.29, 0.717) is 4.47 Å². The van der Waals surface area contributed by atoms with Crippen LogP contribution in [0.1, 0.15) is 19.4 Å². The van der Waals surface area contributed by atoms with Crippen LogP contribution in [0.4, 0.5) is 13.2 Å². The van der Waals surface area contributed by atoms with Gasteiger partial charge in [0, 0.05) is 10.5 Å². The summed E-state index contributed by atoms with van der Waals surface area (Å²) in [5, 5.41) is 0.231. The molecule has 0 atom stereocenters. The Morgan fingerprint density at radius 1 is 1.36 bits per heavy atom. The fourth-order valence-corrected chi connectivity index (χ4v) is 2.52. The number of ether oxygens (including phenoxy) is 1. The van der Waals surface area contributed by atoms with E-state index in [0.717, 1.165) is 0 Å². The van der Waals surface area contributed by atoms with Gasteiger partial charge in [-0.2, -0.15) is 21.6 Å². The zero-order chi connectivity index (χ0) is 16.9. The minimum absolute atomic E-state index is 0.0561. The molecule has 5 nitrogen and oxygen atoms in total. The zero-order valence-corrected chi connectivity index (χ0v) is 14.2. The van der Waals surface area contributed by atoms with Crippen LogP contribution in [0, 0.1) is 0 Å². The molecule has 1 aliphatic rings. The third kappa shape index (κ3) is 3.33. The third-order valence-electron chi connectivity index (χ3n) is 2.46. The summed E-state index contributed by atoms with van der Waals surface area (Å²) in [6, 6.07) is 2.58. The molecule has 1 heterocycles. The summed E-state index contributed by atoms with van der Waals surface area (Å²) in [5.74, 6) is -0.665. The maximum absolute atomic E-state index is 12.5. The molecule has 1 aliphatic heterocycles. The minimum Gasteiger partial charge on any atom is -0.466 e. The summed E-state index contributed by atoms with van der Waals surface area (Å²) in [5.41, 5.74) is -6.95. The second-order valence-corrected chi connectivity index (χ2v) is 7.51. The van der Waals surface area contributed by atoms with Gasteiger partial charge in [-0.05, 0) is 35.8 Å². The van der Waals surface area contributed by atoms with E-state index in [-0.39, 0.29) is 16.3 Å². The molecule has 1 aromatic rings. The number of aliphatic imine (C=N–C) groups is 1. The van der Waals surface area contributed by atoms with Crippen molar-refractivity contribution in [3.05, 3.63) is 27.2 Å². The lowest BCUT2D eigenvalue weighted by atomic mass is 10.1. The Balaban J connectivity index is 2.56. The van der Waals surface area contributed by atoms with Crippen LogP contribution >= 0.6 is 27.5 Å². The lowest BCUT2D eigenvalue weighted by Gasteiger charge is -2.29. The van der Waals surface area contributed by atoms with E-state index < -0.39 is 27.2 Å². The van der Waals surface area contributed by atoms with Gasteiger partial charge in [0.2, 0.25) is 5.90 Å². The zero-order valence-electron chi connectivity index (χ0n) is 11.0. The summed E-state index contributed by atoms with van der Waals surface area (Å²) in [4.78, 5) is 3.75. The van der Waals surface area contributed by atoms with Crippen LogP contribution in [0.2, 0.25) is 5.02 Å². The Morgan fingerprint density at radius 3 is 2.50 bits per heavy atom. The summed E-state index contributed by atoms with van der Waals surface area (Å²) >= 11 is 8.97. The Morgan fingerprint density at radius 2 is 1.95 bits per heavy atom. The van der Waals surface area contributed by atoms with Gasteiger partial charge >= 0.3 is 15.6 Å². The van der Waals surface area contributed by atoms with Gasteiger partial charge < -0.3 is 8.92 Å². The normalized spacial score (nSPS) is 17.3. The van der Waals surface area contributed by atoms with E-state index in [1.54, 1.807) is 0 Å². The first kappa shape index (κ1) is 17.4. The van der Waals surface area contributed by atoms with Crippen LogP contribution in [0.25, 0.3) is 0 Å². The molecule has 0 radical (unpaired) electrons. The van der Waals surface area contributed by atoms with Crippen molar-refractivity contribution >= 4 is 43.5 Å². The molecule has 0 saturated heterocycles. The van der Waals surface area contributed by atoms with Gasteiger partial charge in [0.15, 0.2) is 5.72 Å². The molecule has 0 saturated carbocycles. The predicted octanol–water partition coefficient (Wildman–Crippen LogP) is 3.84.